The van der Waals surface area contributed by atoms with E-state index in [-0.39, 0.29) is 0 Å². The van der Waals surface area contributed by atoms with Crippen LogP contribution in [-0.2, 0) is 0 Å². The normalized spacial score (nSPS) is 29.9. The number of hydrogen-bond donors (Lipinski definition) is 0. The van der Waals surface area contributed by atoms with Gasteiger partial charge in [0.1, 0.15) is 0 Å². The topological polar surface area (TPSA) is 0 Å². The molecule has 0 nitrogen and oxygen atoms in total. The molecule has 0 heterocycles. The van der Waals surface area contributed by atoms with Crippen LogP contribution >= 0.6 is 0 Å². The Labute approximate surface area is 95.5 Å². The van der Waals surface area contributed by atoms with Gasteiger partial charge in [-0.15, -0.1) is 0 Å². The Morgan fingerprint density at radius 3 is 2.13 bits per heavy atom. The lowest BCUT2D eigenvalue weighted by atomic mass is 9.96. The lowest BCUT2D eigenvalue weighted by Gasteiger charge is -2.10. The van der Waals surface area contributed by atoms with Gasteiger partial charge in [0.25, 0.3) is 0 Å². The van der Waals surface area contributed by atoms with Crippen molar-refractivity contribution < 1.29 is 0 Å². The molecule has 1 aliphatic carbocycles. The van der Waals surface area contributed by atoms with Gasteiger partial charge in [-0.3, -0.25) is 0 Å². The van der Waals surface area contributed by atoms with Crippen molar-refractivity contribution in [2.75, 3.05) is 0 Å². The maximum absolute atomic E-state index is 2.43. The molecular weight excluding hydrogens is 180 g/mol. The van der Waals surface area contributed by atoms with E-state index < -0.39 is 0 Å². The zero-order valence-electron chi connectivity index (χ0n) is 10.7. The Morgan fingerprint density at radius 1 is 0.800 bits per heavy atom. The summed E-state index contributed by atoms with van der Waals surface area (Å²) in [5.41, 5.74) is 4.65. The number of allylic oxidation sites excluding steroid dienone is 4. The molecule has 0 aromatic carbocycles. The lowest BCUT2D eigenvalue weighted by Crippen LogP contribution is -1.90. The Kier molecular flexibility index (Phi) is 5.75. The molecule has 0 atom stereocenters. The van der Waals surface area contributed by atoms with E-state index in [0.717, 1.165) is 0 Å². The van der Waals surface area contributed by atoms with Crippen LogP contribution in [0.5, 0.6) is 0 Å². The Morgan fingerprint density at radius 2 is 1.40 bits per heavy atom. The van der Waals surface area contributed by atoms with Crippen molar-refractivity contribution in [3.05, 3.63) is 22.8 Å². The van der Waals surface area contributed by atoms with Crippen molar-refractivity contribution >= 4 is 0 Å². The van der Waals surface area contributed by atoms with E-state index in [1.54, 1.807) is 5.57 Å². The van der Waals surface area contributed by atoms with Gasteiger partial charge >= 0.3 is 0 Å². The van der Waals surface area contributed by atoms with Gasteiger partial charge in [0.15, 0.2) is 0 Å². The van der Waals surface area contributed by atoms with E-state index in [9.17, 15) is 0 Å². The average Bonchev–Trinajstić information content (AvgIpc) is 2.23. The highest BCUT2D eigenvalue weighted by Crippen LogP contribution is 2.21. The second-order valence-corrected chi connectivity index (χ2v) is 4.95. The van der Waals surface area contributed by atoms with Gasteiger partial charge in [0.05, 0.1) is 0 Å². The third-order valence-corrected chi connectivity index (χ3v) is 3.69. The van der Waals surface area contributed by atoms with Crippen molar-refractivity contribution in [3.63, 3.8) is 0 Å². The van der Waals surface area contributed by atoms with Crippen LogP contribution in [0.2, 0.25) is 0 Å². The van der Waals surface area contributed by atoms with Crippen LogP contribution in [0.15, 0.2) is 22.8 Å². The summed E-state index contributed by atoms with van der Waals surface area (Å²) in [4.78, 5) is 0. The monoisotopic (exact) mass is 206 g/mol. The lowest BCUT2D eigenvalue weighted by molar-refractivity contribution is 0.593. The van der Waals surface area contributed by atoms with Gasteiger partial charge in [0.2, 0.25) is 0 Å². The minimum atomic E-state index is 1.27. The first kappa shape index (κ1) is 12.5. The molecule has 0 fully saturated rings. The predicted octanol–water partition coefficient (Wildman–Crippen LogP) is 5.40. The molecule has 0 aromatic heterocycles. The van der Waals surface area contributed by atoms with Gasteiger partial charge in [-0.1, -0.05) is 42.9 Å². The minimum Gasteiger partial charge on any atom is -0.0813 e. The summed E-state index contributed by atoms with van der Waals surface area (Å²) in [6.07, 6.45) is 13.5. The predicted molar refractivity (Wildman–Crippen MR) is 69.1 cm³/mol. The second-order valence-electron chi connectivity index (χ2n) is 4.95. The van der Waals surface area contributed by atoms with Crippen molar-refractivity contribution in [1.82, 2.24) is 0 Å². The van der Waals surface area contributed by atoms with Crippen LogP contribution in [0.4, 0.5) is 0 Å². The summed E-state index contributed by atoms with van der Waals surface area (Å²) < 4.78 is 0. The first-order valence-electron chi connectivity index (χ1n) is 6.55. The molecular formula is C15H26. The third kappa shape index (κ3) is 4.68. The SMILES string of the molecule is C/C1=C(C)/C(C)=C/CCCCCCCC1. The smallest absolute Gasteiger partial charge is 0.0317 e. The van der Waals surface area contributed by atoms with Crippen molar-refractivity contribution in [1.29, 1.82) is 0 Å². The molecule has 0 amide bonds. The molecule has 1 aliphatic rings. The average molecular weight is 206 g/mol. The van der Waals surface area contributed by atoms with Crippen LogP contribution in [-0.4, -0.2) is 0 Å². The van der Waals surface area contributed by atoms with Crippen molar-refractivity contribution in [2.45, 2.75) is 72.1 Å². The molecule has 0 aliphatic heterocycles. The molecule has 0 heteroatoms. The zero-order chi connectivity index (χ0) is 11.1. The van der Waals surface area contributed by atoms with Gasteiger partial charge in [-0.25, -0.2) is 0 Å². The van der Waals surface area contributed by atoms with Crippen molar-refractivity contribution in [2.24, 2.45) is 0 Å². The summed E-state index contributed by atoms with van der Waals surface area (Å²) in [5.74, 6) is 0. The second kappa shape index (κ2) is 6.87. The van der Waals surface area contributed by atoms with Crippen LogP contribution < -0.4 is 0 Å². The van der Waals surface area contributed by atoms with E-state index in [1.165, 1.54) is 62.5 Å². The molecule has 0 bridgehead atoms. The molecule has 0 saturated carbocycles. The molecule has 15 heavy (non-hydrogen) atoms. The Hall–Kier alpha value is -0.520. The largest absolute Gasteiger partial charge is 0.0813 e. The fourth-order valence-electron chi connectivity index (χ4n) is 2.24. The Bertz CT molecular complexity index is 243. The van der Waals surface area contributed by atoms with Crippen LogP contribution in [0.1, 0.15) is 72.1 Å². The molecule has 0 spiro atoms. The van der Waals surface area contributed by atoms with Gasteiger partial charge in [-0.2, -0.15) is 0 Å². The number of rotatable bonds is 0. The van der Waals surface area contributed by atoms with Crippen molar-refractivity contribution in [3.8, 4) is 0 Å². The molecule has 1 rings (SSSR count). The van der Waals surface area contributed by atoms with E-state index in [4.69, 9.17) is 0 Å². The van der Waals surface area contributed by atoms with Crippen LogP contribution in [0, 0.1) is 0 Å². The van der Waals surface area contributed by atoms with E-state index in [1.807, 2.05) is 0 Å². The summed E-state index contributed by atoms with van der Waals surface area (Å²) >= 11 is 0. The first-order valence-corrected chi connectivity index (χ1v) is 6.55. The number of hydrogen-bond acceptors (Lipinski definition) is 0. The molecule has 0 unspecified atom stereocenters. The Balaban J connectivity index is 2.65. The molecule has 0 N–H and O–H groups in total. The highest BCUT2D eigenvalue weighted by molar-refractivity contribution is 5.31. The van der Waals surface area contributed by atoms with E-state index in [2.05, 4.69) is 26.8 Å². The molecule has 0 radical (unpaired) electrons. The van der Waals surface area contributed by atoms with Crippen LogP contribution in [0.3, 0.4) is 0 Å². The summed E-state index contributed by atoms with van der Waals surface area (Å²) in [5, 5.41) is 0. The quantitative estimate of drug-likeness (QED) is 0.497. The maximum atomic E-state index is 2.43. The van der Waals surface area contributed by atoms with Crippen LogP contribution in [0.25, 0.3) is 0 Å². The van der Waals surface area contributed by atoms with Gasteiger partial charge in [0, 0.05) is 0 Å². The summed E-state index contributed by atoms with van der Waals surface area (Å²) in [7, 11) is 0. The molecule has 0 aromatic rings. The van der Waals surface area contributed by atoms with E-state index in [0.29, 0.717) is 0 Å². The highest BCUT2D eigenvalue weighted by Gasteiger charge is 2.01. The minimum absolute atomic E-state index is 1.27. The third-order valence-electron chi connectivity index (χ3n) is 3.69. The van der Waals surface area contributed by atoms with Gasteiger partial charge in [-0.05, 0) is 52.0 Å². The fraction of sp³-hybridized carbons (Fsp3) is 0.733. The van der Waals surface area contributed by atoms with E-state index >= 15 is 0 Å². The van der Waals surface area contributed by atoms with Gasteiger partial charge < -0.3 is 0 Å². The first-order chi connectivity index (χ1) is 7.22. The highest BCUT2D eigenvalue weighted by atomic mass is 14.1. The molecule has 0 saturated heterocycles. The summed E-state index contributed by atoms with van der Waals surface area (Å²) in [6, 6.07) is 0. The summed E-state index contributed by atoms with van der Waals surface area (Å²) in [6.45, 7) is 6.86. The maximum Gasteiger partial charge on any atom is -0.0317 e. The molecule has 86 valence electrons. The zero-order valence-corrected chi connectivity index (χ0v) is 10.7. The fourth-order valence-corrected chi connectivity index (χ4v) is 2.24. The standard InChI is InChI=1S/C15H26/c1-13-11-9-7-5-4-6-8-10-12-14(2)15(13)3/h11H,4-10,12H2,1-3H3/b13-11+,15-14-.